The first kappa shape index (κ1) is 32.9. The van der Waals surface area contributed by atoms with Gasteiger partial charge in [0.2, 0.25) is 0 Å². The molecule has 11 rings (SSSR count). The Balaban J connectivity index is 1.00. The monoisotopic (exact) mass is 730 g/mol. The number of benzene rings is 7. The van der Waals surface area contributed by atoms with E-state index in [1.807, 2.05) is 42.5 Å². The van der Waals surface area contributed by atoms with Crippen LogP contribution in [0.3, 0.4) is 0 Å². The quantitative estimate of drug-likeness (QED) is 0.159. The molecule has 0 radical (unpaired) electrons. The molecule has 7 aromatic carbocycles. The Kier molecular flexibility index (Phi) is 7.88. The van der Waals surface area contributed by atoms with Crippen molar-refractivity contribution in [3.8, 4) is 56.3 Å². The van der Waals surface area contributed by atoms with Gasteiger partial charge in [-0.25, -0.2) is 19.9 Å². The van der Waals surface area contributed by atoms with Crippen LogP contribution in [0.25, 0.3) is 105 Å². The summed E-state index contributed by atoms with van der Waals surface area (Å²) in [7, 11) is 0. The molecule has 0 fully saturated rings. The Labute approximate surface area is 329 Å². The van der Waals surface area contributed by atoms with E-state index in [-0.39, 0.29) is 0 Å². The number of hydrogen-bond donors (Lipinski definition) is 0. The third-order valence-corrected chi connectivity index (χ3v) is 11.0. The number of para-hydroxylation sites is 3. The number of allylic oxidation sites excluding steroid dienone is 4. The third-order valence-electron chi connectivity index (χ3n) is 11.0. The highest BCUT2D eigenvalue weighted by Crippen LogP contribution is 2.41. The molecular formula is C52H34N4O. The Morgan fingerprint density at radius 2 is 1.00 bits per heavy atom. The lowest BCUT2D eigenvalue weighted by Crippen LogP contribution is -2.03. The van der Waals surface area contributed by atoms with E-state index in [0.717, 1.165) is 101 Å². The second-order valence-corrected chi connectivity index (χ2v) is 14.5. The Morgan fingerprint density at radius 1 is 0.404 bits per heavy atom. The molecule has 0 unspecified atom stereocenters. The normalized spacial score (nSPS) is 12.8. The van der Waals surface area contributed by atoms with Crippen LogP contribution >= 0.6 is 0 Å². The summed E-state index contributed by atoms with van der Waals surface area (Å²) in [4.78, 5) is 20.1. The van der Waals surface area contributed by atoms with Crippen LogP contribution < -0.4 is 0 Å². The molecule has 3 heterocycles. The molecule has 0 aliphatic heterocycles. The van der Waals surface area contributed by atoms with Gasteiger partial charge >= 0.3 is 0 Å². The standard InChI is InChI=1S/C52H34N4O/c1-3-13-36(14-4-1)50-54-51(37-15-5-2-6-16-37)56-52(55-50)38-31-29-35(30-32-38)48-44-22-11-19-39(47(44)43-18-7-9-23-45(43)53-48)33-25-27-34(28-26-33)40-20-12-21-42-41-17-8-10-24-46(41)57-49(40)42/h1,3-5,7-32H,2,6H2. The molecule has 0 N–H and O–H groups in total. The number of aromatic nitrogens is 4. The number of rotatable bonds is 6. The van der Waals surface area contributed by atoms with Crippen molar-refractivity contribution in [1.29, 1.82) is 0 Å². The van der Waals surface area contributed by atoms with Crippen molar-refractivity contribution in [3.63, 3.8) is 0 Å². The van der Waals surface area contributed by atoms with E-state index in [2.05, 4.69) is 140 Å². The van der Waals surface area contributed by atoms with E-state index >= 15 is 0 Å². The maximum atomic E-state index is 6.38. The number of hydrogen-bond acceptors (Lipinski definition) is 5. The Bertz CT molecular complexity index is 3220. The lowest BCUT2D eigenvalue weighted by molar-refractivity contribution is 0.670. The fourth-order valence-corrected chi connectivity index (χ4v) is 8.17. The van der Waals surface area contributed by atoms with E-state index in [4.69, 9.17) is 24.4 Å². The van der Waals surface area contributed by atoms with Gasteiger partial charge in [0.15, 0.2) is 17.5 Å². The van der Waals surface area contributed by atoms with Crippen molar-refractivity contribution in [2.75, 3.05) is 0 Å². The van der Waals surface area contributed by atoms with E-state index in [1.54, 1.807) is 0 Å². The van der Waals surface area contributed by atoms with Gasteiger partial charge in [0.25, 0.3) is 0 Å². The fourth-order valence-electron chi connectivity index (χ4n) is 8.17. The summed E-state index contributed by atoms with van der Waals surface area (Å²) in [6.45, 7) is 0. The highest BCUT2D eigenvalue weighted by atomic mass is 16.3. The Morgan fingerprint density at radius 3 is 1.77 bits per heavy atom. The van der Waals surface area contributed by atoms with Gasteiger partial charge in [0.05, 0.1) is 11.2 Å². The molecule has 0 saturated heterocycles. The third kappa shape index (κ3) is 5.80. The average molecular weight is 731 g/mol. The van der Waals surface area contributed by atoms with Crippen molar-refractivity contribution in [1.82, 2.24) is 19.9 Å². The Hall–Kier alpha value is -7.50. The van der Waals surface area contributed by atoms with Crippen molar-refractivity contribution in [3.05, 3.63) is 188 Å². The minimum atomic E-state index is 0.642. The molecule has 5 heteroatoms. The van der Waals surface area contributed by atoms with Crippen LogP contribution in [-0.2, 0) is 0 Å². The lowest BCUT2D eigenvalue weighted by atomic mass is 9.92. The highest BCUT2D eigenvalue weighted by Gasteiger charge is 2.18. The molecule has 0 saturated carbocycles. The second-order valence-electron chi connectivity index (χ2n) is 14.5. The summed E-state index contributed by atoms with van der Waals surface area (Å²) in [6, 6.07) is 57.0. The smallest absolute Gasteiger partial charge is 0.164 e. The summed E-state index contributed by atoms with van der Waals surface area (Å²) >= 11 is 0. The molecule has 0 spiro atoms. The molecule has 57 heavy (non-hydrogen) atoms. The topological polar surface area (TPSA) is 64.7 Å². The number of fused-ring (bicyclic) bond motifs is 6. The molecule has 268 valence electrons. The predicted octanol–water partition coefficient (Wildman–Crippen LogP) is 13.5. The van der Waals surface area contributed by atoms with Crippen molar-refractivity contribution >= 4 is 49.2 Å². The molecule has 0 atom stereocenters. The second kappa shape index (κ2) is 13.7. The van der Waals surface area contributed by atoms with Gasteiger partial charge in [-0.15, -0.1) is 0 Å². The summed E-state index contributed by atoms with van der Waals surface area (Å²) in [6.07, 6.45) is 8.51. The number of furan rings is 1. The largest absolute Gasteiger partial charge is 0.455 e. The summed E-state index contributed by atoms with van der Waals surface area (Å²) in [5.41, 5.74) is 12.1. The zero-order chi connectivity index (χ0) is 37.7. The first-order valence-corrected chi connectivity index (χ1v) is 19.4. The predicted molar refractivity (Wildman–Crippen MR) is 233 cm³/mol. The van der Waals surface area contributed by atoms with Crippen molar-refractivity contribution < 1.29 is 4.42 Å². The molecule has 10 aromatic rings. The van der Waals surface area contributed by atoms with Gasteiger partial charge in [-0.1, -0.05) is 170 Å². The van der Waals surface area contributed by atoms with Gasteiger partial charge in [0, 0.05) is 54.8 Å². The average Bonchev–Trinajstić information content (AvgIpc) is 3.68. The van der Waals surface area contributed by atoms with Crippen LogP contribution in [0.2, 0.25) is 0 Å². The van der Waals surface area contributed by atoms with Gasteiger partial charge < -0.3 is 4.42 Å². The molecular weight excluding hydrogens is 697 g/mol. The maximum Gasteiger partial charge on any atom is 0.164 e. The van der Waals surface area contributed by atoms with Crippen LogP contribution in [0.5, 0.6) is 0 Å². The molecule has 5 nitrogen and oxygen atoms in total. The number of pyridine rings is 1. The number of nitrogens with zero attached hydrogens (tertiary/aromatic N) is 4. The molecule has 0 bridgehead atoms. The van der Waals surface area contributed by atoms with Crippen LogP contribution in [0.4, 0.5) is 0 Å². The molecule has 0 amide bonds. The van der Waals surface area contributed by atoms with Crippen LogP contribution in [0.1, 0.15) is 18.7 Å². The maximum absolute atomic E-state index is 6.38. The SMILES string of the molecule is C1=CC(c2nc(-c3ccccc3)nc(-c3ccc(-c4nc5ccccc5c5c(-c6ccc(-c7cccc8c7oc7ccccc78)cc6)cccc45)cc3)n2)=CCC1. The lowest BCUT2D eigenvalue weighted by Gasteiger charge is -2.15. The first-order valence-electron chi connectivity index (χ1n) is 19.4. The minimum absolute atomic E-state index is 0.642. The molecule has 1 aliphatic carbocycles. The van der Waals surface area contributed by atoms with Gasteiger partial charge in [-0.2, -0.15) is 0 Å². The van der Waals surface area contributed by atoms with Gasteiger partial charge in [-0.05, 0) is 41.7 Å². The molecule has 1 aliphatic rings. The van der Waals surface area contributed by atoms with E-state index < -0.39 is 0 Å². The van der Waals surface area contributed by atoms with E-state index in [9.17, 15) is 0 Å². The van der Waals surface area contributed by atoms with Crippen LogP contribution in [0.15, 0.2) is 186 Å². The summed E-state index contributed by atoms with van der Waals surface area (Å²) in [5, 5.41) is 5.66. The summed E-state index contributed by atoms with van der Waals surface area (Å²) < 4.78 is 6.38. The van der Waals surface area contributed by atoms with Crippen molar-refractivity contribution in [2.45, 2.75) is 12.8 Å². The van der Waals surface area contributed by atoms with E-state index in [1.165, 1.54) is 5.39 Å². The van der Waals surface area contributed by atoms with Crippen molar-refractivity contribution in [2.24, 2.45) is 0 Å². The summed E-state index contributed by atoms with van der Waals surface area (Å²) in [5.74, 6) is 1.99. The minimum Gasteiger partial charge on any atom is -0.455 e. The van der Waals surface area contributed by atoms with Crippen LogP contribution in [-0.4, -0.2) is 19.9 Å². The van der Waals surface area contributed by atoms with E-state index in [0.29, 0.717) is 17.5 Å². The highest BCUT2D eigenvalue weighted by molar-refractivity contribution is 6.17. The van der Waals surface area contributed by atoms with Gasteiger partial charge in [-0.3, -0.25) is 0 Å². The zero-order valence-corrected chi connectivity index (χ0v) is 30.9. The van der Waals surface area contributed by atoms with Gasteiger partial charge in [0.1, 0.15) is 11.2 Å². The molecule has 3 aromatic heterocycles. The van der Waals surface area contributed by atoms with Crippen LogP contribution in [0, 0.1) is 0 Å². The fraction of sp³-hybridized carbons (Fsp3) is 0.0385. The first-order chi connectivity index (χ1) is 28.2. The zero-order valence-electron chi connectivity index (χ0n) is 30.9.